The van der Waals surface area contributed by atoms with Crippen LogP contribution < -0.4 is 0 Å². The Morgan fingerprint density at radius 2 is 0.885 bits per heavy atom. The van der Waals surface area contributed by atoms with Gasteiger partial charge in [-0.05, 0) is 53.3 Å². The second kappa shape index (κ2) is 7.01. The molecule has 0 atom stereocenters. The predicted octanol–water partition coefficient (Wildman–Crippen LogP) is 7.30. The molecule has 0 aliphatic heterocycles. The molecular weight excluding hydrogens is 312 g/mol. The number of aryl methyl sites for hydroxylation is 2. The number of benzene rings is 4. The molecule has 0 N–H and O–H groups in total. The molecule has 126 valence electrons. The third kappa shape index (κ3) is 3.32. The second-order valence-corrected chi connectivity index (χ2v) is 6.86. The first-order valence-electron chi connectivity index (χ1n) is 9.04. The van der Waals surface area contributed by atoms with Crippen molar-refractivity contribution in [3.05, 3.63) is 108 Å². The summed E-state index contributed by atoms with van der Waals surface area (Å²) in [6.45, 7) is 4.25. The van der Waals surface area contributed by atoms with E-state index in [4.69, 9.17) is 0 Å². The average Bonchev–Trinajstić information content (AvgIpc) is 2.69. The Kier molecular flexibility index (Phi) is 4.41. The molecule has 26 heavy (non-hydrogen) atoms. The van der Waals surface area contributed by atoms with E-state index >= 15 is 0 Å². The first-order chi connectivity index (χ1) is 12.7. The van der Waals surface area contributed by atoms with E-state index in [0.717, 1.165) is 0 Å². The lowest BCUT2D eigenvalue weighted by molar-refractivity contribution is 1.46. The molecule has 0 aliphatic rings. The van der Waals surface area contributed by atoms with Crippen LogP contribution in [0, 0.1) is 13.8 Å². The van der Waals surface area contributed by atoms with Crippen molar-refractivity contribution < 1.29 is 0 Å². The monoisotopic (exact) mass is 334 g/mol. The van der Waals surface area contributed by atoms with Crippen molar-refractivity contribution in [2.24, 2.45) is 0 Å². The maximum absolute atomic E-state index is 2.31. The minimum absolute atomic E-state index is 1.25. The Hall–Kier alpha value is -3.12. The highest BCUT2D eigenvalue weighted by Gasteiger charge is 2.09. The molecule has 0 aliphatic carbocycles. The Bertz CT molecular complexity index is 1010. The normalized spacial score (nSPS) is 10.7. The highest BCUT2D eigenvalue weighted by Crippen LogP contribution is 2.35. The Morgan fingerprint density at radius 3 is 1.50 bits per heavy atom. The number of hydrogen-bond acceptors (Lipinski definition) is 0. The maximum Gasteiger partial charge on any atom is -0.00992 e. The smallest absolute Gasteiger partial charge is 0.00992 e. The molecule has 0 unspecified atom stereocenters. The molecular formula is C26H22. The van der Waals surface area contributed by atoms with E-state index in [2.05, 4.69) is 111 Å². The van der Waals surface area contributed by atoms with Gasteiger partial charge in [0.2, 0.25) is 0 Å². The second-order valence-electron chi connectivity index (χ2n) is 6.86. The third-order valence-corrected chi connectivity index (χ3v) is 4.85. The van der Waals surface area contributed by atoms with Crippen LogP contribution in [-0.4, -0.2) is 0 Å². The van der Waals surface area contributed by atoms with E-state index in [-0.39, 0.29) is 0 Å². The predicted molar refractivity (Wildman–Crippen MR) is 112 cm³/mol. The Labute approximate surface area is 155 Å². The Balaban J connectivity index is 1.89. The van der Waals surface area contributed by atoms with Crippen LogP contribution in [0.2, 0.25) is 0 Å². The first kappa shape index (κ1) is 16.4. The molecule has 0 fully saturated rings. The molecule has 0 radical (unpaired) electrons. The average molecular weight is 334 g/mol. The van der Waals surface area contributed by atoms with Gasteiger partial charge < -0.3 is 0 Å². The molecule has 0 nitrogen and oxygen atoms in total. The summed E-state index contributed by atoms with van der Waals surface area (Å²) >= 11 is 0. The van der Waals surface area contributed by atoms with Crippen LogP contribution in [0.1, 0.15) is 11.1 Å². The zero-order chi connectivity index (χ0) is 17.9. The van der Waals surface area contributed by atoms with Crippen LogP contribution in [0.25, 0.3) is 33.4 Å². The summed E-state index contributed by atoms with van der Waals surface area (Å²) in [6.07, 6.45) is 0. The van der Waals surface area contributed by atoms with Gasteiger partial charge in [-0.25, -0.2) is 0 Å². The zero-order valence-electron chi connectivity index (χ0n) is 15.2. The summed E-state index contributed by atoms with van der Waals surface area (Å²) < 4.78 is 0. The minimum atomic E-state index is 1.25. The molecule has 4 rings (SSSR count). The van der Waals surface area contributed by atoms with Crippen LogP contribution in [0.5, 0.6) is 0 Å². The van der Waals surface area contributed by atoms with E-state index in [1.54, 1.807) is 0 Å². The summed E-state index contributed by atoms with van der Waals surface area (Å²) in [5.74, 6) is 0. The molecule has 0 bridgehead atoms. The molecule has 0 saturated carbocycles. The summed E-state index contributed by atoms with van der Waals surface area (Å²) in [5, 5.41) is 0. The molecule has 0 aromatic heterocycles. The highest BCUT2D eigenvalue weighted by atomic mass is 14.1. The lowest BCUT2D eigenvalue weighted by Crippen LogP contribution is -1.88. The van der Waals surface area contributed by atoms with Crippen LogP contribution >= 0.6 is 0 Å². The summed E-state index contributed by atoms with van der Waals surface area (Å²) in [7, 11) is 0. The molecule has 4 aromatic carbocycles. The quantitative estimate of drug-likeness (QED) is 0.368. The van der Waals surface area contributed by atoms with E-state index in [1.165, 1.54) is 44.5 Å². The van der Waals surface area contributed by atoms with Crippen molar-refractivity contribution in [3.8, 4) is 33.4 Å². The van der Waals surface area contributed by atoms with Crippen molar-refractivity contribution in [2.75, 3.05) is 0 Å². The number of rotatable bonds is 3. The van der Waals surface area contributed by atoms with E-state index in [1.807, 2.05) is 0 Å². The van der Waals surface area contributed by atoms with Crippen molar-refractivity contribution in [1.82, 2.24) is 0 Å². The van der Waals surface area contributed by atoms with Crippen LogP contribution in [0.3, 0.4) is 0 Å². The zero-order valence-corrected chi connectivity index (χ0v) is 15.2. The van der Waals surface area contributed by atoms with Gasteiger partial charge in [0.05, 0.1) is 0 Å². The van der Waals surface area contributed by atoms with Crippen molar-refractivity contribution >= 4 is 0 Å². The van der Waals surface area contributed by atoms with E-state index < -0.39 is 0 Å². The van der Waals surface area contributed by atoms with E-state index in [0.29, 0.717) is 0 Å². The van der Waals surface area contributed by atoms with Crippen LogP contribution in [-0.2, 0) is 0 Å². The van der Waals surface area contributed by atoms with Gasteiger partial charge in [-0.3, -0.25) is 0 Å². The standard InChI is InChI=1S/C26H22/c1-19-8-12-21(13-9-19)24-16-17-25(23-14-10-20(2)11-15-23)26(18-24)22-6-4-3-5-7-22/h3-18H,1-2H3. The van der Waals surface area contributed by atoms with Crippen molar-refractivity contribution in [2.45, 2.75) is 13.8 Å². The fourth-order valence-corrected chi connectivity index (χ4v) is 3.31. The largest absolute Gasteiger partial charge is 0.0622 e. The maximum atomic E-state index is 2.31. The fourth-order valence-electron chi connectivity index (χ4n) is 3.31. The topological polar surface area (TPSA) is 0 Å². The third-order valence-electron chi connectivity index (χ3n) is 4.85. The van der Waals surface area contributed by atoms with Gasteiger partial charge in [0.15, 0.2) is 0 Å². The lowest BCUT2D eigenvalue weighted by atomic mass is 9.91. The van der Waals surface area contributed by atoms with Crippen molar-refractivity contribution in [1.29, 1.82) is 0 Å². The SMILES string of the molecule is Cc1ccc(-c2ccc(-c3ccc(C)cc3)c(-c3ccccc3)c2)cc1. The van der Waals surface area contributed by atoms with Gasteiger partial charge in [-0.1, -0.05) is 102 Å². The first-order valence-corrected chi connectivity index (χ1v) is 9.04. The van der Waals surface area contributed by atoms with Gasteiger partial charge in [-0.15, -0.1) is 0 Å². The van der Waals surface area contributed by atoms with Crippen molar-refractivity contribution in [3.63, 3.8) is 0 Å². The lowest BCUT2D eigenvalue weighted by Gasteiger charge is -2.13. The molecule has 0 saturated heterocycles. The summed E-state index contributed by atoms with van der Waals surface area (Å²) in [5.41, 5.74) is 10.1. The molecule has 0 amide bonds. The molecule has 0 heteroatoms. The van der Waals surface area contributed by atoms with Gasteiger partial charge in [0, 0.05) is 0 Å². The minimum Gasteiger partial charge on any atom is -0.0622 e. The van der Waals surface area contributed by atoms with E-state index in [9.17, 15) is 0 Å². The van der Waals surface area contributed by atoms with Gasteiger partial charge in [0.25, 0.3) is 0 Å². The van der Waals surface area contributed by atoms with Crippen LogP contribution in [0.4, 0.5) is 0 Å². The summed E-state index contributed by atoms with van der Waals surface area (Å²) in [6, 6.07) is 35.0. The van der Waals surface area contributed by atoms with Gasteiger partial charge >= 0.3 is 0 Å². The fraction of sp³-hybridized carbons (Fsp3) is 0.0769. The molecule has 0 spiro atoms. The number of hydrogen-bond donors (Lipinski definition) is 0. The molecule has 4 aromatic rings. The van der Waals surface area contributed by atoms with Crippen LogP contribution in [0.15, 0.2) is 97.1 Å². The highest BCUT2D eigenvalue weighted by molar-refractivity contribution is 5.87. The van der Waals surface area contributed by atoms with Gasteiger partial charge in [0.1, 0.15) is 0 Å². The molecule has 0 heterocycles. The summed E-state index contributed by atoms with van der Waals surface area (Å²) in [4.78, 5) is 0. The Morgan fingerprint density at radius 1 is 0.385 bits per heavy atom. The van der Waals surface area contributed by atoms with Gasteiger partial charge in [-0.2, -0.15) is 0 Å².